The second kappa shape index (κ2) is 7.88. The lowest BCUT2D eigenvalue weighted by Crippen LogP contribution is -2.40. The van der Waals surface area contributed by atoms with Gasteiger partial charge in [-0.2, -0.15) is 5.10 Å². The number of amides is 1. The van der Waals surface area contributed by atoms with Crippen LogP contribution in [0.2, 0.25) is 0 Å². The van der Waals surface area contributed by atoms with E-state index in [1.807, 2.05) is 49.0 Å². The molecule has 2 aromatic rings. The smallest absolute Gasteiger partial charge is 0.233 e. The van der Waals surface area contributed by atoms with Crippen LogP contribution in [0.4, 0.5) is 0 Å². The maximum Gasteiger partial charge on any atom is 0.233 e. The van der Waals surface area contributed by atoms with Crippen LogP contribution in [0.25, 0.3) is 0 Å². The normalized spacial score (nSPS) is 13.6. The van der Waals surface area contributed by atoms with Crippen molar-refractivity contribution in [2.45, 2.75) is 37.4 Å². The Morgan fingerprint density at radius 3 is 2.71 bits per heavy atom. The Labute approximate surface area is 129 Å². The van der Waals surface area contributed by atoms with Gasteiger partial charge in [0.1, 0.15) is 0 Å². The van der Waals surface area contributed by atoms with Gasteiger partial charge in [0, 0.05) is 24.2 Å². The minimum atomic E-state index is -0.0646. The van der Waals surface area contributed by atoms with Crippen molar-refractivity contribution in [3.8, 4) is 0 Å². The summed E-state index contributed by atoms with van der Waals surface area (Å²) in [6, 6.07) is 12.2. The van der Waals surface area contributed by atoms with Gasteiger partial charge in [-0.05, 0) is 25.5 Å². The highest BCUT2D eigenvalue weighted by Crippen LogP contribution is 2.17. The molecule has 0 unspecified atom stereocenters. The number of thioether (sulfide) groups is 1. The third-order valence-corrected chi connectivity index (χ3v) is 4.33. The van der Waals surface area contributed by atoms with Gasteiger partial charge < -0.3 is 5.32 Å². The number of carbonyl (C=O) groups excluding carboxylic acids is 1. The summed E-state index contributed by atoms with van der Waals surface area (Å²) < 4.78 is 1.83. The van der Waals surface area contributed by atoms with Crippen molar-refractivity contribution in [3.63, 3.8) is 0 Å². The molecule has 0 radical (unpaired) electrons. The molecular formula is C16H21N3OS. The third-order valence-electron chi connectivity index (χ3n) is 3.12. The SMILES string of the molecule is C[C@H](Cn1cccn1)NC(=O)[C@@H](C)SCc1ccccc1. The highest BCUT2D eigenvalue weighted by Gasteiger charge is 2.16. The van der Waals surface area contributed by atoms with Crippen LogP contribution in [0.3, 0.4) is 0 Å². The Morgan fingerprint density at radius 2 is 2.05 bits per heavy atom. The number of nitrogens with one attached hydrogen (secondary N) is 1. The maximum atomic E-state index is 12.1. The zero-order valence-corrected chi connectivity index (χ0v) is 13.2. The number of hydrogen-bond donors (Lipinski definition) is 1. The van der Waals surface area contributed by atoms with Gasteiger partial charge in [0.05, 0.1) is 11.8 Å². The van der Waals surface area contributed by atoms with Crippen LogP contribution < -0.4 is 5.32 Å². The lowest BCUT2D eigenvalue weighted by Gasteiger charge is -2.17. The number of carbonyl (C=O) groups is 1. The zero-order chi connectivity index (χ0) is 15.1. The molecule has 21 heavy (non-hydrogen) atoms. The molecule has 2 rings (SSSR count). The van der Waals surface area contributed by atoms with Crippen molar-refractivity contribution in [3.05, 3.63) is 54.4 Å². The van der Waals surface area contributed by atoms with E-state index in [1.165, 1.54) is 5.56 Å². The summed E-state index contributed by atoms with van der Waals surface area (Å²) in [6.45, 7) is 4.63. The molecule has 2 atom stereocenters. The van der Waals surface area contributed by atoms with Gasteiger partial charge in [0.2, 0.25) is 5.91 Å². The van der Waals surface area contributed by atoms with Crippen molar-refractivity contribution >= 4 is 17.7 Å². The van der Waals surface area contributed by atoms with Crippen LogP contribution in [0.15, 0.2) is 48.8 Å². The van der Waals surface area contributed by atoms with Gasteiger partial charge in [-0.3, -0.25) is 9.48 Å². The molecule has 4 nitrogen and oxygen atoms in total. The Morgan fingerprint density at radius 1 is 1.29 bits per heavy atom. The van der Waals surface area contributed by atoms with E-state index in [1.54, 1.807) is 18.0 Å². The molecule has 0 aliphatic heterocycles. The molecule has 0 saturated heterocycles. The first-order valence-electron chi connectivity index (χ1n) is 7.08. The monoisotopic (exact) mass is 303 g/mol. The molecule has 0 aliphatic rings. The summed E-state index contributed by atoms with van der Waals surface area (Å²) in [5.41, 5.74) is 1.24. The highest BCUT2D eigenvalue weighted by molar-refractivity contribution is 7.99. The predicted molar refractivity (Wildman–Crippen MR) is 87.0 cm³/mol. The quantitative estimate of drug-likeness (QED) is 0.855. The van der Waals surface area contributed by atoms with E-state index in [-0.39, 0.29) is 17.2 Å². The number of rotatable bonds is 7. The first-order chi connectivity index (χ1) is 10.1. The molecule has 0 bridgehead atoms. The maximum absolute atomic E-state index is 12.1. The summed E-state index contributed by atoms with van der Waals surface area (Å²) in [5, 5.41) is 7.11. The Kier molecular flexibility index (Phi) is 5.87. The topological polar surface area (TPSA) is 46.9 Å². The number of aromatic nitrogens is 2. The fraction of sp³-hybridized carbons (Fsp3) is 0.375. The lowest BCUT2D eigenvalue weighted by atomic mass is 10.2. The fourth-order valence-electron chi connectivity index (χ4n) is 1.97. The molecule has 1 heterocycles. The van der Waals surface area contributed by atoms with Gasteiger partial charge in [-0.25, -0.2) is 0 Å². The standard InChI is InChI=1S/C16H21N3OS/c1-13(11-19-10-6-9-17-19)18-16(20)14(2)21-12-15-7-4-3-5-8-15/h3-10,13-14H,11-12H2,1-2H3,(H,18,20)/t13-,14-/m1/s1. The van der Waals surface area contributed by atoms with Gasteiger partial charge in [-0.15, -0.1) is 11.8 Å². The van der Waals surface area contributed by atoms with Crippen LogP contribution in [0.1, 0.15) is 19.4 Å². The molecule has 0 saturated carbocycles. The molecular weight excluding hydrogens is 282 g/mol. The van der Waals surface area contributed by atoms with E-state index in [9.17, 15) is 4.79 Å². The Bertz CT molecular complexity index is 542. The molecule has 0 fully saturated rings. The molecule has 0 aliphatic carbocycles. The molecule has 1 aromatic heterocycles. The van der Waals surface area contributed by atoms with Gasteiger partial charge in [-0.1, -0.05) is 30.3 Å². The third kappa shape index (κ3) is 5.27. The predicted octanol–water partition coefficient (Wildman–Crippen LogP) is 2.71. The Balaban J connectivity index is 1.74. The van der Waals surface area contributed by atoms with Crippen molar-refractivity contribution < 1.29 is 4.79 Å². The largest absolute Gasteiger partial charge is 0.351 e. The first kappa shape index (κ1) is 15.6. The second-order valence-corrected chi connectivity index (χ2v) is 6.41. The van der Waals surface area contributed by atoms with Crippen molar-refractivity contribution in [2.24, 2.45) is 0 Å². The molecule has 5 heteroatoms. The van der Waals surface area contributed by atoms with Crippen molar-refractivity contribution in [1.29, 1.82) is 0 Å². The van der Waals surface area contributed by atoms with Crippen LogP contribution in [-0.2, 0) is 17.1 Å². The summed E-state index contributed by atoms with van der Waals surface area (Å²) in [5.74, 6) is 0.929. The van der Waals surface area contributed by atoms with E-state index >= 15 is 0 Å². The minimum Gasteiger partial charge on any atom is -0.351 e. The average Bonchev–Trinajstić information content (AvgIpc) is 2.98. The molecule has 1 N–H and O–H groups in total. The number of hydrogen-bond acceptors (Lipinski definition) is 3. The molecule has 1 amide bonds. The van der Waals surface area contributed by atoms with E-state index < -0.39 is 0 Å². The average molecular weight is 303 g/mol. The van der Waals surface area contributed by atoms with Gasteiger partial charge in [0.25, 0.3) is 0 Å². The fourth-order valence-corrected chi connectivity index (χ4v) is 2.82. The molecule has 1 aromatic carbocycles. The van der Waals surface area contributed by atoms with Crippen LogP contribution in [-0.4, -0.2) is 27.0 Å². The van der Waals surface area contributed by atoms with Crippen LogP contribution >= 0.6 is 11.8 Å². The Hall–Kier alpha value is -1.75. The van der Waals surface area contributed by atoms with E-state index in [4.69, 9.17) is 0 Å². The highest BCUT2D eigenvalue weighted by atomic mass is 32.2. The van der Waals surface area contributed by atoms with E-state index in [2.05, 4.69) is 22.5 Å². The van der Waals surface area contributed by atoms with E-state index in [0.29, 0.717) is 6.54 Å². The summed E-state index contributed by atoms with van der Waals surface area (Å²) in [7, 11) is 0. The summed E-state index contributed by atoms with van der Waals surface area (Å²) in [6.07, 6.45) is 3.64. The van der Waals surface area contributed by atoms with Crippen LogP contribution in [0, 0.1) is 0 Å². The lowest BCUT2D eigenvalue weighted by molar-refractivity contribution is -0.121. The minimum absolute atomic E-state index is 0.0646. The summed E-state index contributed by atoms with van der Waals surface area (Å²) in [4.78, 5) is 12.1. The van der Waals surface area contributed by atoms with E-state index in [0.717, 1.165) is 5.75 Å². The van der Waals surface area contributed by atoms with Gasteiger partial charge >= 0.3 is 0 Å². The number of benzene rings is 1. The van der Waals surface area contributed by atoms with Gasteiger partial charge in [0.15, 0.2) is 0 Å². The zero-order valence-electron chi connectivity index (χ0n) is 12.4. The van der Waals surface area contributed by atoms with Crippen molar-refractivity contribution in [1.82, 2.24) is 15.1 Å². The molecule has 0 spiro atoms. The molecule has 112 valence electrons. The van der Waals surface area contributed by atoms with Crippen molar-refractivity contribution in [2.75, 3.05) is 0 Å². The number of nitrogens with zero attached hydrogens (tertiary/aromatic N) is 2. The second-order valence-electron chi connectivity index (χ2n) is 5.08. The van der Waals surface area contributed by atoms with Crippen LogP contribution in [0.5, 0.6) is 0 Å². The first-order valence-corrected chi connectivity index (χ1v) is 8.13. The summed E-state index contributed by atoms with van der Waals surface area (Å²) >= 11 is 1.65.